The number of anilines is 1. The van der Waals surface area contributed by atoms with E-state index in [-0.39, 0.29) is 22.2 Å². The Hall–Kier alpha value is -2.15. The van der Waals surface area contributed by atoms with Crippen molar-refractivity contribution in [2.75, 3.05) is 5.32 Å². The highest BCUT2D eigenvalue weighted by molar-refractivity contribution is 6.34. The Morgan fingerprint density at radius 3 is 2.76 bits per heavy atom. The molecule has 0 atom stereocenters. The Balaban J connectivity index is 2.29. The van der Waals surface area contributed by atoms with Crippen molar-refractivity contribution in [2.45, 2.75) is 13.5 Å². The lowest BCUT2D eigenvalue weighted by molar-refractivity contribution is -0.0494. The number of rotatable bonds is 4. The minimum Gasteiger partial charge on any atom is -0.433 e. The van der Waals surface area contributed by atoms with Gasteiger partial charge in [-0.2, -0.15) is 13.9 Å². The third-order valence-corrected chi connectivity index (χ3v) is 2.99. The Morgan fingerprint density at radius 2 is 2.19 bits per heavy atom. The molecule has 0 fully saturated rings. The van der Waals surface area contributed by atoms with E-state index in [2.05, 4.69) is 15.2 Å². The highest BCUT2D eigenvalue weighted by atomic mass is 35.5. The molecule has 0 aliphatic carbocycles. The van der Waals surface area contributed by atoms with Crippen LogP contribution in [0.2, 0.25) is 5.02 Å². The number of carbonyl (C=O) groups is 1. The Kier molecular flexibility index (Phi) is 4.42. The first-order chi connectivity index (χ1) is 9.88. The molecule has 1 aromatic carbocycles. The number of aromatic nitrogens is 2. The summed E-state index contributed by atoms with van der Waals surface area (Å²) in [5.41, 5.74) is 0.977. The predicted octanol–water partition coefficient (Wildman–Crippen LogP) is 3.24. The minimum absolute atomic E-state index is 0.114. The molecular weight excluding hydrogens is 304 g/mol. The minimum atomic E-state index is -2.98. The van der Waals surface area contributed by atoms with Crippen LogP contribution in [0.15, 0.2) is 24.4 Å². The van der Waals surface area contributed by atoms with Gasteiger partial charge in [-0.05, 0) is 24.6 Å². The zero-order valence-corrected chi connectivity index (χ0v) is 12.0. The first-order valence-corrected chi connectivity index (χ1v) is 6.30. The van der Waals surface area contributed by atoms with E-state index >= 15 is 0 Å². The first kappa shape index (κ1) is 15.2. The zero-order valence-electron chi connectivity index (χ0n) is 11.2. The molecule has 2 rings (SSSR count). The predicted molar refractivity (Wildman–Crippen MR) is 74.0 cm³/mol. The molecule has 1 heterocycles. The summed E-state index contributed by atoms with van der Waals surface area (Å²) in [5.74, 6) is -0.681. The topological polar surface area (TPSA) is 56.2 Å². The molecule has 1 N–H and O–H groups in total. The van der Waals surface area contributed by atoms with E-state index in [1.807, 2.05) is 0 Å². The molecule has 0 unspecified atom stereocenters. The van der Waals surface area contributed by atoms with Gasteiger partial charge in [0.05, 0.1) is 16.9 Å². The van der Waals surface area contributed by atoms with Crippen molar-refractivity contribution < 1.29 is 18.3 Å². The van der Waals surface area contributed by atoms with Crippen molar-refractivity contribution in [3.8, 4) is 5.75 Å². The van der Waals surface area contributed by atoms with Gasteiger partial charge >= 0.3 is 6.61 Å². The smallest absolute Gasteiger partial charge is 0.387 e. The molecule has 112 valence electrons. The van der Waals surface area contributed by atoms with Crippen molar-refractivity contribution in [2.24, 2.45) is 7.05 Å². The van der Waals surface area contributed by atoms with Gasteiger partial charge in [-0.15, -0.1) is 0 Å². The van der Waals surface area contributed by atoms with Crippen LogP contribution in [0.4, 0.5) is 14.5 Å². The highest BCUT2D eigenvalue weighted by Crippen LogP contribution is 2.28. The third-order valence-electron chi connectivity index (χ3n) is 2.71. The number of aryl methyl sites for hydroxylation is 2. The van der Waals surface area contributed by atoms with E-state index in [0.717, 1.165) is 5.56 Å². The molecule has 0 radical (unpaired) electrons. The summed E-state index contributed by atoms with van der Waals surface area (Å²) in [6.45, 7) is -1.26. The molecule has 2 aromatic rings. The molecule has 1 amide bonds. The fraction of sp³-hybridized carbons (Fsp3) is 0.231. The van der Waals surface area contributed by atoms with Crippen molar-refractivity contribution in [3.05, 3.63) is 40.7 Å². The zero-order chi connectivity index (χ0) is 15.6. The van der Waals surface area contributed by atoms with Crippen LogP contribution in [0.25, 0.3) is 0 Å². The van der Waals surface area contributed by atoms with E-state index in [1.165, 1.54) is 23.0 Å². The number of carbonyl (C=O) groups excluding carboxylic acids is 1. The van der Waals surface area contributed by atoms with Gasteiger partial charge in [-0.3, -0.25) is 9.48 Å². The molecule has 21 heavy (non-hydrogen) atoms. The number of hydrogen-bond acceptors (Lipinski definition) is 3. The summed E-state index contributed by atoms with van der Waals surface area (Å²) in [5, 5.41) is 6.49. The third kappa shape index (κ3) is 3.49. The average Bonchev–Trinajstić information content (AvgIpc) is 2.71. The van der Waals surface area contributed by atoms with E-state index in [9.17, 15) is 13.6 Å². The molecule has 0 spiro atoms. The molecule has 0 aliphatic heterocycles. The number of nitrogens with one attached hydrogen (secondary N) is 1. The van der Waals surface area contributed by atoms with E-state index in [0.29, 0.717) is 0 Å². The van der Waals surface area contributed by atoms with Gasteiger partial charge in [-0.1, -0.05) is 17.7 Å². The van der Waals surface area contributed by atoms with Crippen LogP contribution in [0.5, 0.6) is 5.75 Å². The van der Waals surface area contributed by atoms with Gasteiger partial charge in [0.1, 0.15) is 11.4 Å². The number of ether oxygens (including phenoxy) is 1. The number of amides is 1. The van der Waals surface area contributed by atoms with Crippen LogP contribution in [-0.2, 0) is 7.05 Å². The van der Waals surface area contributed by atoms with Crippen LogP contribution in [0.1, 0.15) is 16.1 Å². The number of nitrogens with zero attached hydrogens (tertiary/aromatic N) is 2. The fourth-order valence-corrected chi connectivity index (χ4v) is 2.03. The van der Waals surface area contributed by atoms with Gasteiger partial charge in [0.15, 0.2) is 0 Å². The lowest BCUT2D eigenvalue weighted by Gasteiger charge is -2.13. The Morgan fingerprint density at radius 1 is 1.48 bits per heavy atom. The van der Waals surface area contributed by atoms with Crippen LogP contribution in [0.3, 0.4) is 0 Å². The maximum Gasteiger partial charge on any atom is 0.387 e. The number of hydrogen-bond donors (Lipinski definition) is 1. The lowest BCUT2D eigenvalue weighted by atomic mass is 10.2. The summed E-state index contributed by atoms with van der Waals surface area (Å²) in [6.07, 6.45) is 1.32. The summed E-state index contributed by atoms with van der Waals surface area (Å²) in [6, 6.07) is 4.56. The van der Waals surface area contributed by atoms with E-state index < -0.39 is 12.5 Å². The largest absolute Gasteiger partial charge is 0.433 e. The quantitative estimate of drug-likeness (QED) is 0.942. The molecule has 0 aliphatic rings. The standard InChI is InChI=1S/C13H12ClF2N3O2/c1-7-3-4-9(10(5-7)21-13(15)16)18-12(20)11-8(14)6-17-19(11)2/h3-6,13H,1-2H3,(H,18,20). The van der Waals surface area contributed by atoms with Gasteiger partial charge < -0.3 is 10.1 Å². The van der Waals surface area contributed by atoms with Gasteiger partial charge in [-0.25, -0.2) is 0 Å². The molecule has 8 heteroatoms. The summed E-state index contributed by atoms with van der Waals surface area (Å²) >= 11 is 5.86. The Labute approximate surface area is 124 Å². The number of benzene rings is 1. The molecule has 1 aromatic heterocycles. The first-order valence-electron chi connectivity index (χ1n) is 5.93. The molecule has 0 saturated heterocycles. The normalized spacial score (nSPS) is 10.8. The average molecular weight is 316 g/mol. The fourth-order valence-electron chi connectivity index (χ4n) is 1.77. The monoisotopic (exact) mass is 315 g/mol. The summed E-state index contributed by atoms with van der Waals surface area (Å²) in [4.78, 5) is 12.1. The Bertz CT molecular complexity index is 654. The van der Waals surface area contributed by atoms with Crippen LogP contribution in [-0.4, -0.2) is 22.3 Å². The highest BCUT2D eigenvalue weighted by Gasteiger charge is 2.18. The van der Waals surface area contributed by atoms with E-state index in [1.54, 1.807) is 20.0 Å². The molecule has 0 saturated carbocycles. The van der Waals surface area contributed by atoms with Crippen LogP contribution < -0.4 is 10.1 Å². The van der Waals surface area contributed by atoms with Crippen molar-refractivity contribution in [3.63, 3.8) is 0 Å². The van der Waals surface area contributed by atoms with Gasteiger partial charge in [0, 0.05) is 7.05 Å². The number of alkyl halides is 2. The SMILES string of the molecule is Cc1ccc(NC(=O)c2c(Cl)cnn2C)c(OC(F)F)c1. The summed E-state index contributed by atoms with van der Waals surface area (Å²) in [7, 11) is 1.55. The van der Waals surface area contributed by atoms with Crippen LogP contribution >= 0.6 is 11.6 Å². The second kappa shape index (κ2) is 6.09. The lowest BCUT2D eigenvalue weighted by Crippen LogP contribution is -2.17. The van der Waals surface area contributed by atoms with Crippen LogP contribution in [0, 0.1) is 6.92 Å². The molecule has 0 bridgehead atoms. The second-order valence-electron chi connectivity index (χ2n) is 4.30. The second-order valence-corrected chi connectivity index (χ2v) is 4.70. The molecule has 5 nitrogen and oxygen atoms in total. The maximum absolute atomic E-state index is 12.4. The van der Waals surface area contributed by atoms with Crippen molar-refractivity contribution >= 4 is 23.2 Å². The molecular formula is C13H12ClF2N3O2. The van der Waals surface area contributed by atoms with Crippen molar-refractivity contribution in [1.82, 2.24) is 9.78 Å². The van der Waals surface area contributed by atoms with Gasteiger partial charge in [0.2, 0.25) is 0 Å². The van der Waals surface area contributed by atoms with E-state index in [4.69, 9.17) is 11.6 Å². The number of halogens is 3. The summed E-state index contributed by atoms with van der Waals surface area (Å²) < 4.78 is 30.5. The van der Waals surface area contributed by atoms with Gasteiger partial charge in [0.25, 0.3) is 5.91 Å². The van der Waals surface area contributed by atoms with Crippen molar-refractivity contribution in [1.29, 1.82) is 0 Å². The maximum atomic E-state index is 12.4.